The molecule has 1 fully saturated rings. The van der Waals surface area contributed by atoms with Crippen LogP contribution in [0.5, 0.6) is 5.75 Å². The number of anilines is 1. The third-order valence-corrected chi connectivity index (χ3v) is 8.21. The van der Waals surface area contributed by atoms with E-state index in [9.17, 15) is 9.90 Å². The molecule has 4 aromatic heterocycles. The second-order valence-corrected chi connectivity index (χ2v) is 10.8. The largest absolute Gasteiger partial charge is 0.506 e. The maximum absolute atomic E-state index is 13.3. The minimum absolute atomic E-state index is 0.00530. The first-order chi connectivity index (χ1) is 20.4. The van der Waals surface area contributed by atoms with Gasteiger partial charge in [0.15, 0.2) is 5.65 Å². The van der Waals surface area contributed by atoms with Gasteiger partial charge in [0.25, 0.3) is 0 Å². The van der Waals surface area contributed by atoms with Gasteiger partial charge in [0.05, 0.1) is 17.0 Å². The standard InChI is InChI=1S/C32H29N7O3/c1-18(39-31-27(30(33)35-17-36-31)28(37-39)21-14-22(40)16-34-15-21)29-26(23-9-3-4-10-24(23)32(41)42-29)20-8-5-7-19(13-20)25-11-6-12-38(25)2/h3-5,7-10,13-18,25,40H,6,11-12H2,1-2H3,(H2,33,35,36)/t18?,25-/m1/s1. The summed E-state index contributed by atoms with van der Waals surface area (Å²) in [7, 11) is 2.16. The van der Waals surface area contributed by atoms with E-state index in [1.807, 2.05) is 25.1 Å². The molecule has 0 aliphatic carbocycles. The molecule has 0 saturated carbocycles. The van der Waals surface area contributed by atoms with Crippen LogP contribution in [-0.4, -0.2) is 48.3 Å². The normalized spacial score (nSPS) is 16.4. The molecule has 2 atom stereocenters. The summed E-state index contributed by atoms with van der Waals surface area (Å²) in [6.45, 7) is 2.98. The molecule has 3 N–H and O–H groups in total. The van der Waals surface area contributed by atoms with Crippen molar-refractivity contribution in [2.75, 3.05) is 19.3 Å². The Balaban J connectivity index is 1.47. The third-order valence-electron chi connectivity index (χ3n) is 8.21. The van der Waals surface area contributed by atoms with Gasteiger partial charge in [-0.3, -0.25) is 9.88 Å². The van der Waals surface area contributed by atoms with Crippen LogP contribution in [0.3, 0.4) is 0 Å². The van der Waals surface area contributed by atoms with Crippen molar-refractivity contribution >= 4 is 27.6 Å². The molecule has 0 spiro atoms. The van der Waals surface area contributed by atoms with Crippen molar-refractivity contribution in [2.45, 2.75) is 31.8 Å². The van der Waals surface area contributed by atoms with Gasteiger partial charge in [0, 0.05) is 28.8 Å². The molecular weight excluding hydrogens is 530 g/mol. The molecule has 0 amide bonds. The Morgan fingerprint density at radius 3 is 2.67 bits per heavy atom. The first-order valence-corrected chi connectivity index (χ1v) is 13.9. The second-order valence-electron chi connectivity index (χ2n) is 10.8. The molecule has 1 aliphatic heterocycles. The number of benzene rings is 2. The molecule has 10 nitrogen and oxygen atoms in total. The molecule has 0 bridgehead atoms. The summed E-state index contributed by atoms with van der Waals surface area (Å²) in [5.74, 6) is 0.692. The number of nitrogen functional groups attached to an aromatic ring is 1. The summed E-state index contributed by atoms with van der Waals surface area (Å²) in [5, 5.41) is 16.8. The summed E-state index contributed by atoms with van der Waals surface area (Å²) < 4.78 is 7.83. The van der Waals surface area contributed by atoms with Crippen LogP contribution in [0.15, 0.2) is 82.5 Å². The summed E-state index contributed by atoms with van der Waals surface area (Å²) in [5.41, 5.74) is 10.4. The Kier molecular flexibility index (Phi) is 6.20. The lowest BCUT2D eigenvalue weighted by Crippen LogP contribution is -2.17. The Morgan fingerprint density at radius 2 is 1.88 bits per heavy atom. The molecule has 6 aromatic rings. The van der Waals surface area contributed by atoms with Crippen LogP contribution in [0, 0.1) is 0 Å². The zero-order chi connectivity index (χ0) is 29.0. The highest BCUT2D eigenvalue weighted by atomic mass is 16.4. The van der Waals surface area contributed by atoms with E-state index >= 15 is 0 Å². The van der Waals surface area contributed by atoms with Gasteiger partial charge in [-0.2, -0.15) is 5.10 Å². The summed E-state index contributed by atoms with van der Waals surface area (Å²) >= 11 is 0. The van der Waals surface area contributed by atoms with Gasteiger partial charge in [-0.25, -0.2) is 19.4 Å². The average Bonchev–Trinajstić information content (AvgIpc) is 3.61. The molecule has 1 aliphatic rings. The fourth-order valence-corrected chi connectivity index (χ4v) is 6.18. The number of fused-ring (bicyclic) bond motifs is 2. The zero-order valence-electron chi connectivity index (χ0n) is 23.2. The van der Waals surface area contributed by atoms with Gasteiger partial charge in [0.1, 0.15) is 35.4 Å². The van der Waals surface area contributed by atoms with Gasteiger partial charge < -0.3 is 15.3 Å². The van der Waals surface area contributed by atoms with Crippen molar-refractivity contribution in [1.82, 2.24) is 29.6 Å². The van der Waals surface area contributed by atoms with E-state index < -0.39 is 11.7 Å². The molecule has 7 rings (SSSR count). The molecule has 0 radical (unpaired) electrons. The lowest BCUT2D eigenvalue weighted by molar-refractivity contribution is 0.317. The summed E-state index contributed by atoms with van der Waals surface area (Å²) in [6.07, 6.45) is 6.58. The van der Waals surface area contributed by atoms with Gasteiger partial charge in [-0.1, -0.05) is 36.4 Å². The lowest BCUT2D eigenvalue weighted by Gasteiger charge is -2.22. The van der Waals surface area contributed by atoms with E-state index in [2.05, 4.69) is 51.2 Å². The van der Waals surface area contributed by atoms with Crippen molar-refractivity contribution in [1.29, 1.82) is 0 Å². The Hall–Kier alpha value is -5.09. The monoisotopic (exact) mass is 559 g/mol. The topological polar surface area (TPSA) is 136 Å². The van der Waals surface area contributed by atoms with Crippen LogP contribution < -0.4 is 11.4 Å². The highest BCUT2D eigenvalue weighted by molar-refractivity contribution is 5.99. The van der Waals surface area contributed by atoms with Crippen LogP contribution in [0.1, 0.15) is 43.2 Å². The minimum atomic E-state index is -0.564. The maximum atomic E-state index is 13.3. The minimum Gasteiger partial charge on any atom is -0.506 e. The Labute approximate surface area is 241 Å². The molecule has 42 heavy (non-hydrogen) atoms. The Morgan fingerprint density at radius 1 is 1.05 bits per heavy atom. The number of hydrogen-bond acceptors (Lipinski definition) is 9. The number of rotatable bonds is 5. The number of hydrogen-bond donors (Lipinski definition) is 2. The van der Waals surface area contributed by atoms with Crippen molar-refractivity contribution in [3.8, 4) is 28.1 Å². The van der Waals surface area contributed by atoms with E-state index in [4.69, 9.17) is 15.2 Å². The van der Waals surface area contributed by atoms with Crippen LogP contribution in [0.25, 0.3) is 44.2 Å². The first kappa shape index (κ1) is 25.8. The number of aromatic hydroxyl groups is 1. The molecule has 5 heterocycles. The van der Waals surface area contributed by atoms with E-state index in [0.29, 0.717) is 39.5 Å². The summed E-state index contributed by atoms with van der Waals surface area (Å²) in [6, 6.07) is 17.3. The molecule has 1 saturated heterocycles. The molecule has 210 valence electrons. The number of likely N-dealkylation sites (tertiary alicyclic amines) is 1. The van der Waals surface area contributed by atoms with Gasteiger partial charge in [-0.05, 0) is 62.7 Å². The second kappa shape index (κ2) is 10.1. The van der Waals surface area contributed by atoms with E-state index in [1.165, 1.54) is 18.1 Å². The van der Waals surface area contributed by atoms with Crippen molar-refractivity contribution in [2.24, 2.45) is 0 Å². The zero-order valence-corrected chi connectivity index (χ0v) is 23.2. The lowest BCUT2D eigenvalue weighted by atomic mass is 9.93. The average molecular weight is 560 g/mol. The summed E-state index contributed by atoms with van der Waals surface area (Å²) in [4.78, 5) is 28.5. The van der Waals surface area contributed by atoms with E-state index in [0.717, 1.165) is 35.9 Å². The highest BCUT2D eigenvalue weighted by Crippen LogP contribution is 2.40. The van der Waals surface area contributed by atoms with Crippen LogP contribution in [-0.2, 0) is 0 Å². The van der Waals surface area contributed by atoms with E-state index in [1.54, 1.807) is 23.0 Å². The van der Waals surface area contributed by atoms with Crippen molar-refractivity contribution in [3.05, 3.63) is 95.1 Å². The number of aromatic nitrogens is 5. The van der Waals surface area contributed by atoms with Gasteiger partial charge >= 0.3 is 5.63 Å². The highest BCUT2D eigenvalue weighted by Gasteiger charge is 2.28. The predicted molar refractivity (Wildman–Crippen MR) is 161 cm³/mol. The number of pyridine rings is 1. The van der Waals surface area contributed by atoms with Crippen LogP contribution in [0.4, 0.5) is 5.82 Å². The van der Waals surface area contributed by atoms with Crippen molar-refractivity contribution in [3.63, 3.8) is 0 Å². The number of nitrogens with two attached hydrogens (primary N) is 1. The third kappa shape index (κ3) is 4.19. The van der Waals surface area contributed by atoms with Gasteiger partial charge in [-0.15, -0.1) is 0 Å². The molecule has 2 aromatic carbocycles. The first-order valence-electron chi connectivity index (χ1n) is 13.9. The quantitative estimate of drug-likeness (QED) is 0.287. The van der Waals surface area contributed by atoms with Gasteiger partial charge in [0.2, 0.25) is 0 Å². The molecule has 1 unspecified atom stereocenters. The fraction of sp³-hybridized carbons (Fsp3) is 0.219. The van der Waals surface area contributed by atoms with Crippen LogP contribution in [0.2, 0.25) is 0 Å². The SMILES string of the molecule is CC(c1oc(=O)c2ccccc2c1-c1cccc([C@H]2CCCN2C)c1)n1nc(-c2cncc(O)c2)c2c(N)ncnc21. The predicted octanol–water partition coefficient (Wildman–Crippen LogP) is 5.33. The van der Waals surface area contributed by atoms with Crippen molar-refractivity contribution < 1.29 is 9.52 Å². The van der Waals surface area contributed by atoms with Crippen LogP contribution >= 0.6 is 0 Å². The van der Waals surface area contributed by atoms with E-state index in [-0.39, 0.29) is 11.6 Å². The molecular formula is C32H29N7O3. The fourth-order valence-electron chi connectivity index (χ4n) is 6.18. The Bertz CT molecular complexity index is 2030. The molecule has 10 heteroatoms. The maximum Gasteiger partial charge on any atom is 0.343 e. The smallest absolute Gasteiger partial charge is 0.343 e. The number of nitrogens with zero attached hydrogens (tertiary/aromatic N) is 6.